The Morgan fingerprint density at radius 2 is 1.37 bits per heavy atom. The average molecular weight is 607 g/mol. The number of ether oxygens (including phenoxy) is 7. The maximum absolute atomic E-state index is 12.1. The van der Waals surface area contributed by atoms with Crippen LogP contribution in [0.4, 0.5) is 0 Å². The molecule has 0 aliphatic carbocycles. The third-order valence-electron chi connectivity index (χ3n) is 5.77. The molecule has 17 heteroatoms. The highest BCUT2D eigenvalue weighted by atomic mass is 32.2. The first kappa shape index (κ1) is 34.2. The molecule has 0 saturated carbocycles. The lowest BCUT2D eigenvalue weighted by Gasteiger charge is -2.48. The summed E-state index contributed by atoms with van der Waals surface area (Å²) in [7, 11) is 0. The van der Waals surface area contributed by atoms with Gasteiger partial charge in [0.15, 0.2) is 18.5 Å². The SMILES string of the molecule is CC(=O)N[C@H]1C(O[C@@H]2O[C@@H](COC(C)=O)[C@H](OC(C)=O)C(OC(C)=O)C2O)[C@H](O)C(COC(C)=O)O[C@H]1SCC#N. The second-order valence-corrected chi connectivity index (χ2v) is 10.2. The van der Waals surface area contributed by atoms with Gasteiger partial charge in [0.05, 0.1) is 17.9 Å². The molecule has 0 radical (unpaired) electrons. The minimum atomic E-state index is -1.82. The fourth-order valence-electron chi connectivity index (χ4n) is 4.22. The third-order valence-corrected chi connectivity index (χ3v) is 6.80. The van der Waals surface area contributed by atoms with Crippen molar-refractivity contribution in [2.45, 2.75) is 95.1 Å². The summed E-state index contributed by atoms with van der Waals surface area (Å²) in [4.78, 5) is 58.7. The molecular formula is C24H34N2O14S. The van der Waals surface area contributed by atoms with E-state index in [2.05, 4.69) is 5.32 Å². The van der Waals surface area contributed by atoms with Gasteiger partial charge in [-0.15, -0.1) is 11.8 Å². The lowest BCUT2D eigenvalue weighted by atomic mass is 9.95. The second kappa shape index (κ2) is 15.8. The molecule has 2 fully saturated rings. The van der Waals surface area contributed by atoms with E-state index < -0.39 is 103 Å². The van der Waals surface area contributed by atoms with Gasteiger partial charge in [-0.05, 0) is 0 Å². The van der Waals surface area contributed by atoms with E-state index in [1.54, 1.807) is 0 Å². The van der Waals surface area contributed by atoms with Crippen molar-refractivity contribution in [3.63, 3.8) is 0 Å². The summed E-state index contributed by atoms with van der Waals surface area (Å²) in [6.07, 6.45) is -12.0. The molecule has 0 spiro atoms. The van der Waals surface area contributed by atoms with E-state index in [1.165, 1.54) is 6.92 Å². The van der Waals surface area contributed by atoms with E-state index in [9.17, 15) is 34.2 Å². The Hall–Kier alpha value is -3.01. The molecule has 0 aromatic heterocycles. The van der Waals surface area contributed by atoms with Crippen LogP contribution in [0, 0.1) is 11.3 Å². The highest BCUT2D eigenvalue weighted by Gasteiger charge is 2.54. The van der Waals surface area contributed by atoms with E-state index in [0.717, 1.165) is 39.5 Å². The quantitative estimate of drug-likeness (QED) is 0.176. The summed E-state index contributed by atoms with van der Waals surface area (Å²) < 4.78 is 38.1. The Morgan fingerprint density at radius 3 is 1.88 bits per heavy atom. The third kappa shape index (κ3) is 10.1. The zero-order chi connectivity index (χ0) is 30.9. The number of carbonyl (C=O) groups excluding carboxylic acids is 5. The molecule has 0 aromatic carbocycles. The van der Waals surface area contributed by atoms with E-state index >= 15 is 0 Å². The predicted molar refractivity (Wildman–Crippen MR) is 134 cm³/mol. The molecule has 10 atom stereocenters. The largest absolute Gasteiger partial charge is 0.463 e. The van der Waals surface area contributed by atoms with Crippen molar-refractivity contribution in [3.8, 4) is 6.07 Å². The molecule has 230 valence electrons. The van der Waals surface area contributed by atoms with Gasteiger partial charge < -0.3 is 48.7 Å². The van der Waals surface area contributed by atoms with Crippen LogP contribution < -0.4 is 5.32 Å². The van der Waals surface area contributed by atoms with E-state index in [0.29, 0.717) is 0 Å². The Labute approximate surface area is 239 Å². The fourth-order valence-corrected chi connectivity index (χ4v) is 5.11. The summed E-state index contributed by atoms with van der Waals surface area (Å²) in [5.41, 5.74) is -0.997. The second-order valence-electron chi connectivity index (χ2n) is 9.12. The number of rotatable bonds is 11. The molecule has 2 aliphatic rings. The van der Waals surface area contributed by atoms with Crippen LogP contribution in [0.3, 0.4) is 0 Å². The Balaban J connectivity index is 2.48. The predicted octanol–water partition coefficient (Wildman–Crippen LogP) is -1.71. The number of esters is 4. The van der Waals surface area contributed by atoms with Crippen molar-refractivity contribution in [2.75, 3.05) is 19.0 Å². The molecule has 1 amide bonds. The van der Waals surface area contributed by atoms with Gasteiger partial charge in [-0.3, -0.25) is 24.0 Å². The number of hydrogen-bond donors (Lipinski definition) is 3. The maximum atomic E-state index is 12.1. The molecule has 0 bridgehead atoms. The lowest BCUT2D eigenvalue weighted by molar-refractivity contribution is -0.331. The van der Waals surface area contributed by atoms with Gasteiger partial charge in [0.2, 0.25) is 5.91 Å². The topological polar surface area (TPSA) is 226 Å². The number of thioether (sulfide) groups is 1. The average Bonchev–Trinajstić information content (AvgIpc) is 2.86. The van der Waals surface area contributed by atoms with Crippen molar-refractivity contribution in [2.24, 2.45) is 0 Å². The van der Waals surface area contributed by atoms with Crippen molar-refractivity contribution in [1.29, 1.82) is 5.26 Å². The zero-order valence-corrected chi connectivity index (χ0v) is 23.9. The maximum Gasteiger partial charge on any atom is 0.303 e. The minimum Gasteiger partial charge on any atom is -0.463 e. The smallest absolute Gasteiger partial charge is 0.303 e. The molecule has 3 N–H and O–H groups in total. The number of nitrogens with one attached hydrogen (secondary N) is 1. The van der Waals surface area contributed by atoms with Gasteiger partial charge in [-0.25, -0.2) is 0 Å². The molecule has 2 aliphatic heterocycles. The first-order valence-electron chi connectivity index (χ1n) is 12.4. The number of aliphatic hydroxyl groups excluding tert-OH is 2. The van der Waals surface area contributed by atoms with Crippen molar-refractivity contribution in [3.05, 3.63) is 0 Å². The first-order valence-corrected chi connectivity index (χ1v) is 13.5. The molecule has 2 rings (SSSR count). The van der Waals surface area contributed by atoms with E-state index in [-0.39, 0.29) is 5.75 Å². The van der Waals surface area contributed by atoms with Crippen LogP contribution in [0.1, 0.15) is 34.6 Å². The number of nitrogens with zero attached hydrogens (tertiary/aromatic N) is 1. The number of amides is 1. The summed E-state index contributed by atoms with van der Waals surface area (Å²) in [6.45, 7) is 4.67. The van der Waals surface area contributed by atoms with E-state index in [1.807, 2.05) is 6.07 Å². The van der Waals surface area contributed by atoms with Crippen LogP contribution in [0.2, 0.25) is 0 Å². The van der Waals surface area contributed by atoms with Gasteiger partial charge in [0.1, 0.15) is 49.2 Å². The Bertz CT molecular complexity index is 1010. The van der Waals surface area contributed by atoms with Crippen molar-refractivity contribution < 1.29 is 67.3 Å². The molecule has 2 heterocycles. The number of nitriles is 1. The minimum absolute atomic E-state index is 0.0878. The number of carbonyl (C=O) groups is 5. The highest BCUT2D eigenvalue weighted by molar-refractivity contribution is 8.00. The molecule has 2 saturated heterocycles. The Kier molecular flexibility index (Phi) is 13.2. The van der Waals surface area contributed by atoms with Crippen LogP contribution in [0.15, 0.2) is 0 Å². The molecular weight excluding hydrogens is 572 g/mol. The zero-order valence-electron chi connectivity index (χ0n) is 23.0. The standard InChI is InChI=1S/C24H34N2O14S/c1-10(27)26-17-21(18(32)15(8-34-11(2)28)39-24(17)41-7-6-25)40-23-19(33)22(37-14(5)31)20(36-13(4)30)16(38-23)9-35-12(3)29/h15-24,32-33H,7-9H2,1-5H3,(H,26,27)/t15?,16-,17-,18+,19?,20-,21?,22?,23-,24-/m0/s1. The highest BCUT2D eigenvalue weighted by Crippen LogP contribution is 2.34. The van der Waals surface area contributed by atoms with Crippen LogP contribution in [-0.2, 0) is 57.1 Å². The monoisotopic (exact) mass is 606 g/mol. The number of aliphatic hydroxyl groups is 2. The first-order chi connectivity index (χ1) is 19.2. The van der Waals surface area contributed by atoms with Crippen LogP contribution in [-0.4, -0.2) is 119 Å². The molecule has 0 aromatic rings. The number of hydrogen-bond acceptors (Lipinski definition) is 16. The van der Waals surface area contributed by atoms with Gasteiger partial charge in [0.25, 0.3) is 0 Å². The van der Waals surface area contributed by atoms with Gasteiger partial charge in [-0.1, -0.05) is 0 Å². The normalized spacial score (nSPS) is 33.0. The Morgan fingerprint density at radius 1 is 0.805 bits per heavy atom. The summed E-state index contributed by atoms with van der Waals surface area (Å²) in [5, 5.41) is 34.0. The van der Waals surface area contributed by atoms with Crippen LogP contribution in [0.5, 0.6) is 0 Å². The van der Waals surface area contributed by atoms with Crippen LogP contribution in [0.25, 0.3) is 0 Å². The summed E-state index contributed by atoms with van der Waals surface area (Å²) >= 11 is 0.965. The molecule has 41 heavy (non-hydrogen) atoms. The molecule has 16 nitrogen and oxygen atoms in total. The van der Waals surface area contributed by atoms with Crippen molar-refractivity contribution >= 4 is 41.5 Å². The van der Waals surface area contributed by atoms with Gasteiger partial charge in [0, 0.05) is 34.6 Å². The van der Waals surface area contributed by atoms with Crippen molar-refractivity contribution in [1.82, 2.24) is 5.32 Å². The van der Waals surface area contributed by atoms with Gasteiger partial charge in [-0.2, -0.15) is 5.26 Å². The van der Waals surface area contributed by atoms with Gasteiger partial charge >= 0.3 is 23.9 Å². The fraction of sp³-hybridized carbons (Fsp3) is 0.750. The van der Waals surface area contributed by atoms with E-state index in [4.69, 9.17) is 38.4 Å². The lowest BCUT2D eigenvalue weighted by Crippen LogP contribution is -2.67. The van der Waals surface area contributed by atoms with Crippen LogP contribution >= 0.6 is 11.8 Å². The summed E-state index contributed by atoms with van der Waals surface area (Å²) in [5.74, 6) is -3.68. The summed E-state index contributed by atoms with van der Waals surface area (Å²) in [6, 6.07) is 0.798. The molecule has 4 unspecified atom stereocenters.